The van der Waals surface area contributed by atoms with E-state index < -0.39 is 9.84 Å². The first-order chi connectivity index (χ1) is 16.3. The van der Waals surface area contributed by atoms with Gasteiger partial charge in [0.15, 0.2) is 9.84 Å². The lowest BCUT2D eigenvalue weighted by molar-refractivity contribution is 0.340. The van der Waals surface area contributed by atoms with Gasteiger partial charge in [0, 0.05) is 23.3 Å². The van der Waals surface area contributed by atoms with Crippen molar-refractivity contribution < 1.29 is 17.6 Å². The van der Waals surface area contributed by atoms with Gasteiger partial charge in [-0.15, -0.1) is 0 Å². The van der Waals surface area contributed by atoms with E-state index in [1.165, 1.54) is 23.2 Å². The van der Waals surface area contributed by atoms with E-state index in [1.54, 1.807) is 18.2 Å². The fourth-order valence-electron chi connectivity index (χ4n) is 3.63. The van der Waals surface area contributed by atoms with Crippen LogP contribution in [0.3, 0.4) is 0 Å². The summed E-state index contributed by atoms with van der Waals surface area (Å²) in [7, 11) is -3.30. The summed E-state index contributed by atoms with van der Waals surface area (Å²) in [6.45, 7) is 4.53. The number of benzene rings is 3. The Balaban J connectivity index is 1.72. The third kappa shape index (κ3) is 4.47. The molecule has 2 aromatic heterocycles. The van der Waals surface area contributed by atoms with E-state index in [9.17, 15) is 8.42 Å². The maximum absolute atomic E-state index is 11.9. The van der Waals surface area contributed by atoms with E-state index in [4.69, 9.17) is 14.1 Å². The van der Waals surface area contributed by atoms with Gasteiger partial charge in [-0.1, -0.05) is 41.2 Å². The van der Waals surface area contributed by atoms with Gasteiger partial charge < -0.3 is 9.15 Å². The van der Waals surface area contributed by atoms with Crippen LogP contribution in [0.5, 0.6) is 5.75 Å². The predicted molar refractivity (Wildman–Crippen MR) is 136 cm³/mol. The number of aryl methyl sites for hydroxylation is 1. The lowest BCUT2D eigenvalue weighted by atomic mass is 10.1. The first-order valence-corrected chi connectivity index (χ1v) is 13.4. The second kappa shape index (κ2) is 8.70. The van der Waals surface area contributed by atoms with E-state index >= 15 is 0 Å². The summed E-state index contributed by atoms with van der Waals surface area (Å²) in [6.07, 6.45) is 1.20. The zero-order chi connectivity index (χ0) is 23.9. The summed E-state index contributed by atoms with van der Waals surface area (Å²) < 4.78 is 36.5. The highest BCUT2D eigenvalue weighted by Gasteiger charge is 2.12. The van der Waals surface area contributed by atoms with Crippen molar-refractivity contribution in [2.75, 3.05) is 12.9 Å². The molecule has 5 rings (SSSR count). The summed E-state index contributed by atoms with van der Waals surface area (Å²) in [6, 6.07) is 20.6. The number of fused-ring (bicyclic) bond motifs is 2. The topological polar surface area (TPSA) is 81.8 Å². The molecule has 0 aliphatic rings. The molecule has 0 atom stereocenters. The second-order valence-electron chi connectivity index (χ2n) is 7.96. The van der Waals surface area contributed by atoms with Crippen molar-refractivity contribution in [2.24, 2.45) is 4.99 Å². The average Bonchev–Trinajstić information content (AvgIpc) is 3.21. The van der Waals surface area contributed by atoms with Crippen LogP contribution in [0.15, 0.2) is 81.0 Å². The highest BCUT2D eigenvalue weighted by atomic mass is 32.2. The van der Waals surface area contributed by atoms with E-state index in [-0.39, 0.29) is 4.90 Å². The molecule has 5 aromatic rings. The molecule has 0 saturated carbocycles. The molecule has 0 aliphatic carbocycles. The van der Waals surface area contributed by atoms with Crippen LogP contribution < -0.4 is 10.1 Å². The second-order valence-corrected chi connectivity index (χ2v) is 11.0. The largest absolute Gasteiger partial charge is 0.494 e. The number of nitrogens with zero attached hydrogens (tertiary/aromatic N) is 2. The van der Waals surface area contributed by atoms with Gasteiger partial charge in [-0.25, -0.2) is 18.4 Å². The van der Waals surface area contributed by atoms with Gasteiger partial charge in [0.25, 0.3) is 0 Å². The van der Waals surface area contributed by atoms with Crippen LogP contribution in [0.4, 0.5) is 5.13 Å². The molecule has 0 bridgehead atoms. The molecule has 8 heteroatoms. The van der Waals surface area contributed by atoms with Crippen LogP contribution >= 0.6 is 11.3 Å². The van der Waals surface area contributed by atoms with Gasteiger partial charge in [-0.3, -0.25) is 0 Å². The lowest BCUT2D eigenvalue weighted by Gasteiger charge is -2.07. The van der Waals surface area contributed by atoms with Gasteiger partial charge in [0.1, 0.15) is 17.1 Å². The fraction of sp³-hybridized carbons (Fsp3) is 0.154. The molecule has 0 saturated heterocycles. The number of ether oxygens (including phenoxy) is 1. The zero-order valence-corrected chi connectivity index (χ0v) is 20.5. The van der Waals surface area contributed by atoms with Crippen LogP contribution in [-0.2, 0) is 9.84 Å². The minimum atomic E-state index is -3.30. The van der Waals surface area contributed by atoms with E-state index in [2.05, 4.69) is 4.98 Å². The third-order valence-corrected chi connectivity index (χ3v) is 7.38. The summed E-state index contributed by atoms with van der Waals surface area (Å²) in [5.41, 5.74) is 3.49. The van der Waals surface area contributed by atoms with Crippen molar-refractivity contribution in [3.05, 3.63) is 77.7 Å². The summed E-state index contributed by atoms with van der Waals surface area (Å²) in [5.74, 6) is 1.42. The Bertz CT molecular complexity index is 1700. The molecule has 0 fully saturated rings. The molecular weight excluding hydrogens is 468 g/mol. The molecule has 0 unspecified atom stereocenters. The van der Waals surface area contributed by atoms with Crippen molar-refractivity contribution in [3.8, 4) is 17.1 Å². The highest BCUT2D eigenvalue weighted by molar-refractivity contribution is 7.90. The number of aromatic nitrogens is 1. The molecule has 0 aliphatic heterocycles. The van der Waals surface area contributed by atoms with Crippen LogP contribution in [0.1, 0.15) is 12.5 Å². The number of rotatable bonds is 5. The Morgan fingerprint density at radius 3 is 2.56 bits per heavy atom. The Morgan fingerprint density at radius 1 is 1.03 bits per heavy atom. The Hall–Kier alpha value is -3.49. The smallest absolute Gasteiger partial charge is 0.210 e. The monoisotopic (exact) mass is 490 g/mol. The fourth-order valence-corrected chi connectivity index (χ4v) is 5.24. The van der Waals surface area contributed by atoms with E-state index in [1.807, 2.05) is 62.4 Å². The maximum Gasteiger partial charge on any atom is 0.210 e. The van der Waals surface area contributed by atoms with Crippen molar-refractivity contribution in [3.63, 3.8) is 0 Å². The average molecular weight is 491 g/mol. The molecule has 0 amide bonds. The summed E-state index contributed by atoms with van der Waals surface area (Å²) in [4.78, 5) is 9.72. The number of hydrogen-bond acceptors (Lipinski definition) is 7. The van der Waals surface area contributed by atoms with E-state index in [0.717, 1.165) is 21.4 Å². The van der Waals surface area contributed by atoms with Gasteiger partial charge >= 0.3 is 0 Å². The molecule has 6 nitrogen and oxygen atoms in total. The Labute approximate surface area is 201 Å². The minimum Gasteiger partial charge on any atom is -0.494 e. The predicted octanol–water partition coefficient (Wildman–Crippen LogP) is 6.05. The Morgan fingerprint density at radius 2 is 1.82 bits per heavy atom. The number of sulfone groups is 1. The molecule has 0 spiro atoms. The normalized spacial score (nSPS) is 12.5. The third-order valence-electron chi connectivity index (χ3n) is 5.35. The minimum absolute atomic E-state index is 0.266. The molecular formula is C26H22N2O4S2. The number of thiazole rings is 1. The zero-order valence-electron chi connectivity index (χ0n) is 18.9. The molecule has 34 heavy (non-hydrogen) atoms. The van der Waals surface area contributed by atoms with Gasteiger partial charge in [-0.05, 0) is 50.2 Å². The molecule has 0 radical (unpaired) electrons. The van der Waals surface area contributed by atoms with Gasteiger partial charge in [0.2, 0.25) is 5.13 Å². The first kappa shape index (κ1) is 22.3. The lowest BCUT2D eigenvalue weighted by Crippen LogP contribution is -2.04. The SMILES string of the molecule is CCOc1ccc2oc(-c3ccc(C)cc3)cc(=Nc3nc4ccc(S(C)(=O)=O)cc4s3)c2c1. The van der Waals surface area contributed by atoms with Crippen molar-refractivity contribution in [1.82, 2.24) is 4.98 Å². The van der Waals surface area contributed by atoms with Crippen LogP contribution in [0.2, 0.25) is 0 Å². The van der Waals surface area contributed by atoms with Crippen LogP contribution in [-0.4, -0.2) is 26.3 Å². The molecule has 2 heterocycles. The molecule has 0 N–H and O–H groups in total. The standard InChI is InChI=1S/C26H22N2O4S2/c1-4-31-18-9-12-23-20(13-18)22(15-24(32-23)17-7-5-16(2)6-8-17)28-26-27-21-11-10-19(34(3,29)30)14-25(21)33-26/h5-15H,4H2,1-3H3. The highest BCUT2D eigenvalue weighted by Crippen LogP contribution is 2.31. The van der Waals surface area contributed by atoms with Crippen molar-refractivity contribution in [1.29, 1.82) is 0 Å². The van der Waals surface area contributed by atoms with Gasteiger partial charge in [-0.2, -0.15) is 0 Å². The summed E-state index contributed by atoms with van der Waals surface area (Å²) >= 11 is 1.34. The van der Waals surface area contributed by atoms with Crippen LogP contribution in [0.25, 0.3) is 32.5 Å². The quantitative estimate of drug-likeness (QED) is 0.299. The van der Waals surface area contributed by atoms with Gasteiger partial charge in [0.05, 0.1) is 27.1 Å². The summed E-state index contributed by atoms with van der Waals surface area (Å²) in [5, 5.41) is 2.03. The Kier molecular flexibility index (Phi) is 5.71. The van der Waals surface area contributed by atoms with Crippen molar-refractivity contribution >= 4 is 47.5 Å². The molecule has 3 aromatic carbocycles. The number of hydrogen-bond donors (Lipinski definition) is 0. The first-order valence-electron chi connectivity index (χ1n) is 10.7. The van der Waals surface area contributed by atoms with Crippen LogP contribution in [0, 0.1) is 6.92 Å². The van der Waals surface area contributed by atoms with E-state index in [0.29, 0.717) is 34.0 Å². The molecule has 172 valence electrons. The maximum atomic E-state index is 11.9. The van der Waals surface area contributed by atoms with Crippen molar-refractivity contribution in [2.45, 2.75) is 18.7 Å².